The third-order valence-electron chi connectivity index (χ3n) is 3.69. The fourth-order valence-corrected chi connectivity index (χ4v) is 3.55. The highest BCUT2D eigenvalue weighted by Crippen LogP contribution is 2.31. The lowest BCUT2D eigenvalue weighted by atomic mass is 10.2. The van der Waals surface area contributed by atoms with Gasteiger partial charge in [-0.15, -0.1) is 0 Å². The van der Waals surface area contributed by atoms with Crippen LogP contribution in [0.5, 0.6) is 0 Å². The molecule has 2 aromatic carbocycles. The summed E-state index contributed by atoms with van der Waals surface area (Å²) >= 11 is 0. The van der Waals surface area contributed by atoms with Gasteiger partial charge in [-0.2, -0.15) is 35.7 Å². The molecule has 3 rings (SSSR count). The molecule has 0 radical (unpaired) electrons. The zero-order valence-electron chi connectivity index (χ0n) is 14.5. The fourth-order valence-electron chi connectivity index (χ4n) is 2.28. The van der Waals surface area contributed by atoms with Crippen LogP contribution in [0.2, 0.25) is 0 Å². The van der Waals surface area contributed by atoms with Crippen LogP contribution in [0.1, 0.15) is 11.5 Å². The van der Waals surface area contributed by atoms with E-state index in [1.807, 2.05) is 0 Å². The van der Waals surface area contributed by atoms with E-state index < -0.39 is 33.5 Å². The molecule has 0 spiro atoms. The molecule has 0 aliphatic rings. The standard InChI is InChI=1S/C17H11F6N3O2S/c1-29(27,13-8-4-11(5-9-13)16(18,19)20)26-12-6-2-10(3-7-12)14-24-15(28-25-14)17(21,22)23/h2-9H,1H3. The van der Waals surface area contributed by atoms with Crippen molar-refractivity contribution in [3.8, 4) is 11.4 Å². The van der Waals surface area contributed by atoms with E-state index in [-0.39, 0.29) is 22.0 Å². The van der Waals surface area contributed by atoms with E-state index in [0.29, 0.717) is 0 Å². The topological polar surface area (TPSA) is 68.3 Å². The maximum Gasteiger partial charge on any atom is 0.471 e. The Balaban J connectivity index is 1.86. The minimum absolute atomic E-state index is 0.0996. The van der Waals surface area contributed by atoms with Crippen molar-refractivity contribution in [3.63, 3.8) is 0 Å². The van der Waals surface area contributed by atoms with Crippen molar-refractivity contribution in [2.75, 3.05) is 6.26 Å². The smallest absolute Gasteiger partial charge is 0.329 e. The maximum atomic E-state index is 12.8. The molecule has 0 aliphatic carbocycles. The summed E-state index contributed by atoms with van der Waals surface area (Å²) in [6.45, 7) is 0. The molecule has 0 amide bonds. The molecule has 29 heavy (non-hydrogen) atoms. The zero-order chi connectivity index (χ0) is 21.4. The van der Waals surface area contributed by atoms with E-state index >= 15 is 0 Å². The van der Waals surface area contributed by atoms with Gasteiger partial charge in [0.25, 0.3) is 0 Å². The van der Waals surface area contributed by atoms with E-state index in [2.05, 4.69) is 19.0 Å². The quantitative estimate of drug-likeness (QED) is 0.505. The first-order chi connectivity index (χ1) is 13.4. The van der Waals surface area contributed by atoms with Crippen LogP contribution in [0.4, 0.5) is 32.0 Å². The molecule has 0 aliphatic heterocycles. The maximum absolute atomic E-state index is 12.8. The van der Waals surface area contributed by atoms with Crippen LogP contribution in [-0.4, -0.2) is 20.6 Å². The number of halogens is 6. The van der Waals surface area contributed by atoms with Crippen LogP contribution in [0, 0.1) is 0 Å². The van der Waals surface area contributed by atoms with E-state index in [4.69, 9.17) is 0 Å². The molecule has 12 heteroatoms. The van der Waals surface area contributed by atoms with E-state index in [1.54, 1.807) is 0 Å². The highest BCUT2D eigenvalue weighted by Gasteiger charge is 2.38. The van der Waals surface area contributed by atoms with Crippen molar-refractivity contribution < 1.29 is 35.1 Å². The number of alkyl halides is 6. The Morgan fingerprint density at radius 1 is 0.897 bits per heavy atom. The van der Waals surface area contributed by atoms with Crippen molar-refractivity contribution in [2.24, 2.45) is 4.36 Å². The minimum Gasteiger partial charge on any atom is -0.329 e. The molecule has 0 fully saturated rings. The Labute approximate surface area is 160 Å². The van der Waals surface area contributed by atoms with Gasteiger partial charge in [0.1, 0.15) is 0 Å². The third-order valence-corrected chi connectivity index (χ3v) is 5.40. The molecule has 154 valence electrons. The molecule has 1 unspecified atom stereocenters. The molecule has 3 aromatic rings. The minimum atomic E-state index is -4.77. The van der Waals surface area contributed by atoms with Gasteiger partial charge >= 0.3 is 18.2 Å². The second-order valence-corrected chi connectivity index (χ2v) is 8.14. The van der Waals surface area contributed by atoms with Crippen LogP contribution in [-0.2, 0) is 22.1 Å². The summed E-state index contributed by atoms with van der Waals surface area (Å²) < 4.78 is 96.4. The number of hydrogen-bond donors (Lipinski definition) is 0. The van der Waals surface area contributed by atoms with Crippen LogP contribution in [0.15, 0.2) is 62.3 Å². The average Bonchev–Trinajstić information content (AvgIpc) is 3.12. The predicted octanol–water partition coefficient (Wildman–Crippen LogP) is 5.56. The summed E-state index contributed by atoms with van der Waals surface area (Å²) in [6, 6.07) is 9.23. The Bertz CT molecular complexity index is 1130. The van der Waals surface area contributed by atoms with Crippen LogP contribution >= 0.6 is 0 Å². The van der Waals surface area contributed by atoms with E-state index in [9.17, 15) is 30.6 Å². The Hall–Kier alpha value is -2.89. The van der Waals surface area contributed by atoms with Crippen molar-refractivity contribution in [2.45, 2.75) is 17.2 Å². The zero-order valence-corrected chi connectivity index (χ0v) is 15.3. The normalized spacial score (nSPS) is 14.4. The van der Waals surface area contributed by atoms with Gasteiger partial charge in [0.05, 0.1) is 21.0 Å². The summed E-state index contributed by atoms with van der Waals surface area (Å²) in [6.07, 6.45) is -8.02. The Kier molecular flexibility index (Phi) is 5.15. The van der Waals surface area contributed by atoms with Gasteiger partial charge in [-0.3, -0.25) is 0 Å². The fraction of sp³-hybridized carbons (Fsp3) is 0.176. The van der Waals surface area contributed by atoms with Gasteiger partial charge in [-0.05, 0) is 48.5 Å². The molecule has 0 N–H and O–H groups in total. The molecular formula is C17H11F6N3O2S. The predicted molar refractivity (Wildman–Crippen MR) is 90.6 cm³/mol. The number of hydrogen-bond acceptors (Lipinski definition) is 5. The van der Waals surface area contributed by atoms with Gasteiger partial charge in [0.15, 0.2) is 0 Å². The summed E-state index contributed by atoms with van der Waals surface area (Å²) in [5, 5.41) is 3.25. The summed E-state index contributed by atoms with van der Waals surface area (Å²) in [4.78, 5) is 3.35. The summed E-state index contributed by atoms with van der Waals surface area (Å²) in [5.74, 6) is -1.77. The van der Waals surface area contributed by atoms with E-state index in [1.165, 1.54) is 30.5 Å². The second kappa shape index (κ2) is 7.17. The number of aromatic nitrogens is 2. The van der Waals surface area contributed by atoms with Crippen LogP contribution in [0.25, 0.3) is 11.4 Å². The lowest BCUT2D eigenvalue weighted by molar-refractivity contribution is -0.159. The molecule has 0 saturated heterocycles. The first-order valence-corrected chi connectivity index (χ1v) is 9.69. The lowest BCUT2D eigenvalue weighted by Crippen LogP contribution is -2.05. The monoisotopic (exact) mass is 435 g/mol. The molecule has 0 saturated carbocycles. The van der Waals surface area contributed by atoms with Crippen LogP contribution in [0.3, 0.4) is 0 Å². The number of rotatable bonds is 3. The first kappa shape index (κ1) is 20.8. The van der Waals surface area contributed by atoms with E-state index in [0.717, 1.165) is 24.3 Å². The van der Waals surface area contributed by atoms with Gasteiger partial charge in [0, 0.05) is 16.7 Å². The van der Waals surface area contributed by atoms with Crippen molar-refractivity contribution in [3.05, 3.63) is 60.0 Å². The molecule has 5 nitrogen and oxygen atoms in total. The van der Waals surface area contributed by atoms with Crippen molar-refractivity contribution >= 4 is 15.4 Å². The van der Waals surface area contributed by atoms with Crippen LogP contribution < -0.4 is 0 Å². The summed E-state index contributed by atoms with van der Waals surface area (Å²) in [5.41, 5.74) is -0.458. The first-order valence-electron chi connectivity index (χ1n) is 7.77. The second-order valence-electron chi connectivity index (χ2n) is 5.88. The lowest BCUT2D eigenvalue weighted by Gasteiger charge is -2.09. The number of nitrogens with zero attached hydrogens (tertiary/aromatic N) is 3. The molecule has 1 heterocycles. The molecule has 1 aromatic heterocycles. The van der Waals surface area contributed by atoms with Gasteiger partial charge in [-0.1, -0.05) is 5.16 Å². The Morgan fingerprint density at radius 3 is 1.97 bits per heavy atom. The molecular weight excluding hydrogens is 424 g/mol. The van der Waals surface area contributed by atoms with Gasteiger partial charge in [0.2, 0.25) is 5.82 Å². The largest absolute Gasteiger partial charge is 0.471 e. The highest BCUT2D eigenvalue weighted by atomic mass is 32.2. The molecule has 0 bridgehead atoms. The Morgan fingerprint density at radius 2 is 1.48 bits per heavy atom. The van der Waals surface area contributed by atoms with Crippen molar-refractivity contribution in [1.82, 2.24) is 10.1 Å². The average molecular weight is 435 g/mol. The van der Waals surface area contributed by atoms with Crippen molar-refractivity contribution in [1.29, 1.82) is 0 Å². The summed E-state index contributed by atoms with van der Waals surface area (Å²) in [7, 11) is -3.06. The third kappa shape index (κ3) is 4.75. The number of benzene rings is 2. The van der Waals surface area contributed by atoms with Gasteiger partial charge < -0.3 is 4.52 Å². The molecule has 1 atom stereocenters. The van der Waals surface area contributed by atoms with Gasteiger partial charge in [-0.25, -0.2) is 4.21 Å². The highest BCUT2D eigenvalue weighted by molar-refractivity contribution is 7.93. The SMILES string of the molecule is CS(=O)(=Nc1ccc(-c2noc(C(F)(F)F)n2)cc1)c1ccc(C(F)(F)F)cc1.